The van der Waals surface area contributed by atoms with Gasteiger partial charge in [0.05, 0.1) is 11.7 Å². The first-order chi connectivity index (χ1) is 7.71. The minimum absolute atomic E-state index is 0.174. The van der Waals surface area contributed by atoms with Gasteiger partial charge in [0.2, 0.25) is 0 Å². The minimum atomic E-state index is -0.229. The molecule has 90 valence electrons. The normalized spacial score (nSPS) is 46.2. The van der Waals surface area contributed by atoms with E-state index in [4.69, 9.17) is 4.74 Å². The fourth-order valence-corrected chi connectivity index (χ4v) is 4.14. The van der Waals surface area contributed by atoms with Gasteiger partial charge in [0.25, 0.3) is 0 Å². The molecule has 0 saturated heterocycles. The van der Waals surface area contributed by atoms with Gasteiger partial charge < -0.3 is 9.84 Å². The van der Waals surface area contributed by atoms with Crippen LogP contribution in [0.1, 0.15) is 39.0 Å². The molecule has 0 aliphatic heterocycles. The Kier molecular flexibility index (Phi) is 2.60. The van der Waals surface area contributed by atoms with Crippen molar-refractivity contribution in [3.8, 4) is 0 Å². The topological polar surface area (TPSA) is 29.5 Å². The Morgan fingerprint density at radius 1 is 1.56 bits per heavy atom. The zero-order valence-corrected chi connectivity index (χ0v) is 10.1. The van der Waals surface area contributed by atoms with E-state index in [2.05, 4.69) is 12.2 Å². The second kappa shape index (κ2) is 3.85. The molecule has 0 spiro atoms. The van der Waals surface area contributed by atoms with Crippen molar-refractivity contribution >= 4 is 0 Å². The fraction of sp³-hybridized carbons (Fsp3) is 0.857. The summed E-state index contributed by atoms with van der Waals surface area (Å²) in [7, 11) is 0. The van der Waals surface area contributed by atoms with Crippen molar-refractivity contribution in [3.05, 3.63) is 12.2 Å². The van der Waals surface area contributed by atoms with Gasteiger partial charge in [-0.2, -0.15) is 0 Å². The van der Waals surface area contributed by atoms with Gasteiger partial charge in [0, 0.05) is 6.61 Å². The molecule has 2 saturated carbocycles. The number of aliphatic hydroxyl groups excluding tert-OH is 1. The van der Waals surface area contributed by atoms with E-state index in [-0.39, 0.29) is 11.7 Å². The number of fused-ring (bicyclic) bond motifs is 5. The van der Waals surface area contributed by atoms with E-state index in [0.29, 0.717) is 0 Å². The summed E-state index contributed by atoms with van der Waals surface area (Å²) in [6, 6.07) is 0. The minimum Gasteiger partial charge on any atom is -0.393 e. The van der Waals surface area contributed by atoms with Gasteiger partial charge in [0.15, 0.2) is 0 Å². The first-order valence-corrected chi connectivity index (χ1v) is 6.70. The highest BCUT2D eigenvalue weighted by atomic mass is 16.5. The number of rotatable bonds is 4. The molecule has 3 rings (SSSR count). The molecule has 2 nitrogen and oxygen atoms in total. The number of ether oxygens (including phenoxy) is 1. The molecule has 3 aliphatic rings. The summed E-state index contributed by atoms with van der Waals surface area (Å²) in [5.41, 5.74) is 0.174. The molecule has 0 heterocycles. The van der Waals surface area contributed by atoms with Crippen LogP contribution in [0, 0.1) is 17.8 Å². The average Bonchev–Trinajstić information content (AvgIpc) is 2.87. The van der Waals surface area contributed by atoms with Crippen LogP contribution < -0.4 is 0 Å². The third-order valence-electron chi connectivity index (χ3n) is 4.90. The zero-order valence-electron chi connectivity index (χ0n) is 10.1. The third-order valence-corrected chi connectivity index (χ3v) is 4.90. The van der Waals surface area contributed by atoms with Gasteiger partial charge in [-0.3, -0.25) is 0 Å². The second-order valence-corrected chi connectivity index (χ2v) is 5.90. The molecule has 0 aromatic rings. The highest BCUT2D eigenvalue weighted by Gasteiger charge is 2.58. The smallest absolute Gasteiger partial charge is 0.0722 e. The van der Waals surface area contributed by atoms with Crippen molar-refractivity contribution in [1.82, 2.24) is 0 Å². The predicted octanol–water partition coefficient (Wildman–Crippen LogP) is 2.52. The molecule has 2 bridgehead atoms. The second-order valence-electron chi connectivity index (χ2n) is 5.90. The van der Waals surface area contributed by atoms with Gasteiger partial charge in [0.1, 0.15) is 0 Å². The van der Waals surface area contributed by atoms with E-state index in [1.807, 2.05) is 6.92 Å². The quantitative estimate of drug-likeness (QED) is 0.741. The van der Waals surface area contributed by atoms with Crippen LogP contribution in [0.25, 0.3) is 0 Å². The van der Waals surface area contributed by atoms with E-state index in [0.717, 1.165) is 30.8 Å². The van der Waals surface area contributed by atoms with E-state index in [1.165, 1.54) is 25.7 Å². The number of allylic oxidation sites excluding steroid dienone is 2. The Morgan fingerprint density at radius 2 is 2.44 bits per heavy atom. The number of aliphatic hydroxyl groups is 1. The Morgan fingerprint density at radius 3 is 3.25 bits per heavy atom. The van der Waals surface area contributed by atoms with Gasteiger partial charge in [-0.15, -0.1) is 0 Å². The lowest BCUT2D eigenvalue weighted by molar-refractivity contribution is -0.0822. The maximum absolute atomic E-state index is 9.29. The lowest BCUT2D eigenvalue weighted by Crippen LogP contribution is -2.38. The summed E-state index contributed by atoms with van der Waals surface area (Å²) in [4.78, 5) is 0. The first-order valence-electron chi connectivity index (χ1n) is 6.70. The maximum atomic E-state index is 9.29. The van der Waals surface area contributed by atoms with Crippen molar-refractivity contribution in [1.29, 1.82) is 0 Å². The largest absolute Gasteiger partial charge is 0.393 e. The van der Waals surface area contributed by atoms with Crippen LogP contribution in [-0.4, -0.2) is 23.4 Å². The van der Waals surface area contributed by atoms with Crippen LogP contribution in [0.3, 0.4) is 0 Å². The highest BCUT2D eigenvalue weighted by Crippen LogP contribution is 2.60. The van der Waals surface area contributed by atoms with Crippen molar-refractivity contribution in [2.24, 2.45) is 17.8 Å². The molecular weight excluding hydrogens is 200 g/mol. The van der Waals surface area contributed by atoms with E-state index >= 15 is 0 Å². The summed E-state index contributed by atoms with van der Waals surface area (Å²) in [5.74, 6) is 2.44. The summed E-state index contributed by atoms with van der Waals surface area (Å²) < 4.78 is 6.21. The standard InChI is InChI=1S/C14H22O2/c1-10(15)6-8-16-14-7-5-11(9-14)12-3-2-4-13(12)14/h2-3,10-13,15H,4-9H2,1H3. The van der Waals surface area contributed by atoms with Crippen LogP contribution in [0.2, 0.25) is 0 Å². The van der Waals surface area contributed by atoms with Crippen LogP contribution in [0.5, 0.6) is 0 Å². The fourth-order valence-electron chi connectivity index (χ4n) is 4.14. The Hall–Kier alpha value is -0.340. The molecule has 0 aromatic heterocycles. The molecule has 2 fully saturated rings. The highest BCUT2D eigenvalue weighted by molar-refractivity contribution is 5.18. The Labute approximate surface area is 97.7 Å². The zero-order chi connectivity index (χ0) is 11.2. The van der Waals surface area contributed by atoms with Crippen molar-refractivity contribution in [2.45, 2.75) is 50.7 Å². The molecule has 16 heavy (non-hydrogen) atoms. The van der Waals surface area contributed by atoms with E-state index in [1.54, 1.807) is 0 Å². The molecule has 1 N–H and O–H groups in total. The summed E-state index contributed by atoms with van der Waals surface area (Å²) in [6.07, 6.45) is 10.4. The lowest BCUT2D eigenvalue weighted by atomic mass is 9.79. The summed E-state index contributed by atoms with van der Waals surface area (Å²) >= 11 is 0. The van der Waals surface area contributed by atoms with Gasteiger partial charge in [-0.1, -0.05) is 12.2 Å². The van der Waals surface area contributed by atoms with Crippen molar-refractivity contribution in [2.75, 3.05) is 6.61 Å². The lowest BCUT2D eigenvalue weighted by Gasteiger charge is -2.36. The first kappa shape index (κ1) is 10.8. The maximum Gasteiger partial charge on any atom is 0.0722 e. The molecule has 0 amide bonds. The Bertz CT molecular complexity index is 297. The monoisotopic (exact) mass is 222 g/mol. The molecule has 5 unspecified atom stereocenters. The van der Waals surface area contributed by atoms with Crippen LogP contribution in [-0.2, 0) is 4.74 Å². The van der Waals surface area contributed by atoms with E-state index < -0.39 is 0 Å². The van der Waals surface area contributed by atoms with Crippen molar-refractivity contribution in [3.63, 3.8) is 0 Å². The molecular formula is C14H22O2. The molecule has 0 aromatic carbocycles. The predicted molar refractivity (Wildman–Crippen MR) is 63.1 cm³/mol. The molecule has 0 radical (unpaired) electrons. The van der Waals surface area contributed by atoms with Gasteiger partial charge in [-0.25, -0.2) is 0 Å². The van der Waals surface area contributed by atoms with Crippen LogP contribution >= 0.6 is 0 Å². The number of hydrogen-bond acceptors (Lipinski definition) is 2. The van der Waals surface area contributed by atoms with Gasteiger partial charge >= 0.3 is 0 Å². The number of hydrogen-bond donors (Lipinski definition) is 1. The summed E-state index contributed by atoms with van der Waals surface area (Å²) in [5, 5.41) is 9.29. The summed E-state index contributed by atoms with van der Waals surface area (Å²) in [6.45, 7) is 2.57. The average molecular weight is 222 g/mol. The van der Waals surface area contributed by atoms with E-state index in [9.17, 15) is 5.11 Å². The molecule has 2 heteroatoms. The SMILES string of the molecule is CC(O)CCOC12CCC(C1)C1C=CCC12. The van der Waals surface area contributed by atoms with Crippen molar-refractivity contribution < 1.29 is 9.84 Å². The molecule has 5 atom stereocenters. The van der Waals surface area contributed by atoms with Gasteiger partial charge in [-0.05, 0) is 56.8 Å². The van der Waals surface area contributed by atoms with Crippen LogP contribution in [0.4, 0.5) is 0 Å². The third kappa shape index (κ3) is 1.54. The van der Waals surface area contributed by atoms with Crippen LogP contribution in [0.15, 0.2) is 12.2 Å². The Balaban J connectivity index is 1.64. The molecule has 3 aliphatic carbocycles.